The summed E-state index contributed by atoms with van der Waals surface area (Å²) in [6, 6.07) is 3.03. The Balaban J connectivity index is 2.42. The summed E-state index contributed by atoms with van der Waals surface area (Å²) in [5.74, 6) is 0.672. The molecule has 0 fully saturated rings. The summed E-state index contributed by atoms with van der Waals surface area (Å²) in [5, 5.41) is 0. The van der Waals surface area contributed by atoms with Gasteiger partial charge in [0.25, 0.3) is 0 Å². The summed E-state index contributed by atoms with van der Waals surface area (Å²) in [7, 11) is 0. The van der Waals surface area contributed by atoms with Crippen LogP contribution in [-0.4, -0.2) is 19.1 Å². The monoisotopic (exact) mass is 225 g/mol. The van der Waals surface area contributed by atoms with Gasteiger partial charge in [0.15, 0.2) is 17.3 Å². The number of benzene rings is 1. The molecule has 1 aromatic carbocycles. The molecule has 0 radical (unpaired) electrons. The highest BCUT2D eigenvalue weighted by Crippen LogP contribution is 2.37. The average molecular weight is 225 g/mol. The number of ether oxygens (including phenoxy) is 2. The standard InChI is InChI=1S/C11H12FNO3/c12-5-7-3-8(9(14)1-2-13)11-10(4-7)15-6-16-11/h3-4H,1-2,5-6,13H2. The van der Waals surface area contributed by atoms with Crippen LogP contribution < -0.4 is 15.2 Å². The van der Waals surface area contributed by atoms with Crippen molar-refractivity contribution < 1.29 is 18.7 Å². The van der Waals surface area contributed by atoms with E-state index in [1.807, 2.05) is 0 Å². The zero-order chi connectivity index (χ0) is 11.5. The SMILES string of the molecule is NCCC(=O)c1cc(CF)cc2c1OCO2. The van der Waals surface area contributed by atoms with Crippen molar-refractivity contribution in [3.63, 3.8) is 0 Å². The quantitative estimate of drug-likeness (QED) is 0.787. The van der Waals surface area contributed by atoms with Crippen LogP contribution in [0.25, 0.3) is 0 Å². The zero-order valence-corrected chi connectivity index (χ0v) is 8.66. The van der Waals surface area contributed by atoms with Crippen molar-refractivity contribution in [2.24, 2.45) is 5.73 Å². The number of alkyl halides is 1. The topological polar surface area (TPSA) is 61.6 Å². The molecule has 0 amide bonds. The normalized spacial score (nSPS) is 12.9. The number of nitrogens with two attached hydrogens (primary N) is 1. The van der Waals surface area contributed by atoms with E-state index in [0.717, 1.165) is 0 Å². The van der Waals surface area contributed by atoms with E-state index in [1.165, 1.54) is 6.07 Å². The van der Waals surface area contributed by atoms with E-state index in [0.29, 0.717) is 22.6 Å². The predicted octanol–water partition coefficient (Wildman–Crippen LogP) is 1.42. The first-order valence-corrected chi connectivity index (χ1v) is 4.98. The van der Waals surface area contributed by atoms with E-state index in [2.05, 4.69) is 0 Å². The van der Waals surface area contributed by atoms with Crippen molar-refractivity contribution in [1.82, 2.24) is 0 Å². The summed E-state index contributed by atoms with van der Waals surface area (Å²) in [6.07, 6.45) is 0.214. The van der Waals surface area contributed by atoms with Crippen molar-refractivity contribution in [2.75, 3.05) is 13.3 Å². The van der Waals surface area contributed by atoms with E-state index < -0.39 is 6.67 Å². The summed E-state index contributed by atoms with van der Waals surface area (Å²) < 4.78 is 22.9. The van der Waals surface area contributed by atoms with E-state index in [1.54, 1.807) is 6.07 Å². The van der Waals surface area contributed by atoms with Crippen LogP contribution in [0.2, 0.25) is 0 Å². The van der Waals surface area contributed by atoms with Crippen molar-refractivity contribution in [3.8, 4) is 11.5 Å². The molecule has 1 heterocycles. The number of fused-ring (bicyclic) bond motifs is 1. The van der Waals surface area contributed by atoms with Crippen LogP contribution in [0.5, 0.6) is 11.5 Å². The van der Waals surface area contributed by atoms with Crippen LogP contribution in [0.1, 0.15) is 22.3 Å². The number of carbonyl (C=O) groups is 1. The van der Waals surface area contributed by atoms with Crippen molar-refractivity contribution in [1.29, 1.82) is 0 Å². The third kappa shape index (κ3) is 1.86. The molecule has 1 aliphatic rings. The number of carbonyl (C=O) groups excluding carboxylic acids is 1. The first-order valence-electron chi connectivity index (χ1n) is 4.98. The highest BCUT2D eigenvalue weighted by atomic mass is 19.1. The predicted molar refractivity (Wildman–Crippen MR) is 55.4 cm³/mol. The molecule has 0 unspecified atom stereocenters. The summed E-state index contributed by atoms with van der Waals surface area (Å²) in [5.41, 5.74) is 6.08. The fourth-order valence-corrected chi connectivity index (χ4v) is 1.62. The molecule has 5 heteroatoms. The summed E-state index contributed by atoms with van der Waals surface area (Å²) in [6.45, 7) is -0.318. The van der Waals surface area contributed by atoms with E-state index in [-0.39, 0.29) is 25.5 Å². The lowest BCUT2D eigenvalue weighted by molar-refractivity contribution is 0.0980. The van der Waals surface area contributed by atoms with Crippen LogP contribution in [0, 0.1) is 0 Å². The molecule has 0 bridgehead atoms. The maximum Gasteiger partial charge on any atom is 0.231 e. The molecule has 2 rings (SSSR count). The van der Waals surface area contributed by atoms with Gasteiger partial charge in [-0.15, -0.1) is 0 Å². The molecule has 1 aliphatic heterocycles. The van der Waals surface area contributed by atoms with Crippen molar-refractivity contribution in [3.05, 3.63) is 23.3 Å². The van der Waals surface area contributed by atoms with Gasteiger partial charge in [-0.1, -0.05) is 0 Å². The van der Waals surface area contributed by atoms with Gasteiger partial charge in [-0.3, -0.25) is 4.79 Å². The Labute approximate surface area is 92.1 Å². The Morgan fingerprint density at radius 1 is 1.44 bits per heavy atom. The van der Waals surface area contributed by atoms with Gasteiger partial charge in [0, 0.05) is 6.42 Å². The third-order valence-electron chi connectivity index (χ3n) is 2.36. The average Bonchev–Trinajstić information content (AvgIpc) is 2.75. The molecule has 0 saturated heterocycles. The molecule has 16 heavy (non-hydrogen) atoms. The number of hydrogen-bond acceptors (Lipinski definition) is 4. The maximum atomic E-state index is 12.6. The highest BCUT2D eigenvalue weighted by molar-refractivity contribution is 6.00. The lowest BCUT2D eigenvalue weighted by atomic mass is 10.0. The molecule has 0 atom stereocenters. The summed E-state index contributed by atoms with van der Waals surface area (Å²) in [4.78, 5) is 11.7. The van der Waals surface area contributed by atoms with Gasteiger partial charge in [0.05, 0.1) is 5.56 Å². The van der Waals surface area contributed by atoms with E-state index in [4.69, 9.17) is 15.2 Å². The van der Waals surface area contributed by atoms with Gasteiger partial charge in [-0.05, 0) is 24.2 Å². The van der Waals surface area contributed by atoms with Crippen LogP contribution in [0.15, 0.2) is 12.1 Å². The molecule has 0 aromatic heterocycles. The second kappa shape index (κ2) is 4.49. The third-order valence-corrected chi connectivity index (χ3v) is 2.36. The van der Waals surface area contributed by atoms with Crippen LogP contribution in [-0.2, 0) is 6.67 Å². The Hall–Kier alpha value is -1.62. The fourth-order valence-electron chi connectivity index (χ4n) is 1.62. The van der Waals surface area contributed by atoms with Crippen molar-refractivity contribution in [2.45, 2.75) is 13.1 Å². The Morgan fingerprint density at radius 3 is 2.94 bits per heavy atom. The molecular weight excluding hydrogens is 213 g/mol. The maximum absolute atomic E-state index is 12.6. The largest absolute Gasteiger partial charge is 0.454 e. The minimum Gasteiger partial charge on any atom is -0.454 e. The van der Waals surface area contributed by atoms with Crippen LogP contribution in [0.3, 0.4) is 0 Å². The van der Waals surface area contributed by atoms with Crippen molar-refractivity contribution >= 4 is 5.78 Å². The second-order valence-corrected chi connectivity index (χ2v) is 3.47. The molecular formula is C11H12FNO3. The summed E-state index contributed by atoms with van der Waals surface area (Å²) >= 11 is 0. The van der Waals surface area contributed by atoms with Gasteiger partial charge in [-0.2, -0.15) is 0 Å². The molecule has 1 aromatic rings. The Kier molecular flexibility index (Phi) is 3.05. The highest BCUT2D eigenvalue weighted by Gasteiger charge is 2.22. The first kappa shape index (κ1) is 10.9. The minimum atomic E-state index is -0.639. The molecule has 2 N–H and O–H groups in total. The number of ketones is 1. The molecule has 4 nitrogen and oxygen atoms in total. The van der Waals surface area contributed by atoms with Crippen LogP contribution >= 0.6 is 0 Å². The molecule has 0 aliphatic carbocycles. The van der Waals surface area contributed by atoms with Gasteiger partial charge in [-0.25, -0.2) is 4.39 Å². The number of hydrogen-bond donors (Lipinski definition) is 1. The second-order valence-electron chi connectivity index (χ2n) is 3.47. The zero-order valence-electron chi connectivity index (χ0n) is 8.66. The van der Waals surface area contributed by atoms with Gasteiger partial charge in [0.2, 0.25) is 6.79 Å². The lowest BCUT2D eigenvalue weighted by Crippen LogP contribution is -2.09. The molecule has 86 valence electrons. The smallest absolute Gasteiger partial charge is 0.231 e. The minimum absolute atomic E-state index is 0.0635. The van der Waals surface area contributed by atoms with Gasteiger partial charge in [0.1, 0.15) is 6.67 Å². The lowest BCUT2D eigenvalue weighted by Gasteiger charge is -2.06. The number of halogens is 1. The van der Waals surface area contributed by atoms with Gasteiger partial charge >= 0.3 is 0 Å². The Bertz CT molecular complexity index is 420. The van der Waals surface area contributed by atoms with E-state index in [9.17, 15) is 9.18 Å². The molecule has 0 saturated carbocycles. The van der Waals surface area contributed by atoms with Crippen LogP contribution in [0.4, 0.5) is 4.39 Å². The fraction of sp³-hybridized carbons (Fsp3) is 0.364. The first-order chi connectivity index (χ1) is 7.76. The van der Waals surface area contributed by atoms with E-state index >= 15 is 0 Å². The molecule has 0 spiro atoms. The van der Waals surface area contributed by atoms with Gasteiger partial charge < -0.3 is 15.2 Å². The number of Topliss-reactive ketones (excluding diaryl/α,β-unsaturated/α-hetero) is 1. The Morgan fingerprint density at radius 2 is 2.25 bits per heavy atom. The number of rotatable bonds is 4.